The number of halogens is 2. The molecule has 0 unspecified atom stereocenters. The van der Waals surface area contributed by atoms with Crippen molar-refractivity contribution in [1.29, 1.82) is 0 Å². The number of nitrogens with zero attached hydrogens (tertiary/aromatic N) is 2. The lowest BCUT2D eigenvalue weighted by Gasteiger charge is -2.24. The molecule has 0 N–H and O–H groups in total. The maximum absolute atomic E-state index is 7.01. The monoisotopic (exact) mass is 562 g/mol. The highest BCUT2D eigenvalue weighted by atomic mass is 79.9. The van der Waals surface area contributed by atoms with E-state index in [9.17, 15) is 0 Å². The van der Waals surface area contributed by atoms with Crippen molar-refractivity contribution >= 4 is 28.7 Å². The fourth-order valence-corrected chi connectivity index (χ4v) is 6.49. The van der Waals surface area contributed by atoms with Crippen molar-refractivity contribution < 1.29 is 21.6 Å². The fourth-order valence-electron chi connectivity index (χ4n) is 6.17. The Morgan fingerprint density at radius 1 is 0.861 bits per heavy atom. The molecule has 0 saturated heterocycles. The Balaban J connectivity index is 0.00000304. The van der Waals surface area contributed by atoms with Crippen LogP contribution < -0.4 is 21.9 Å². The Hall–Kier alpha value is -2.36. The summed E-state index contributed by atoms with van der Waals surface area (Å²) in [5.74, 6) is 0. The van der Waals surface area contributed by atoms with Gasteiger partial charge in [-0.3, -0.25) is 0 Å². The molecule has 0 aromatic heterocycles. The smallest absolute Gasteiger partial charge is 0.209 e. The van der Waals surface area contributed by atoms with E-state index in [1.54, 1.807) is 0 Å². The Morgan fingerprint density at radius 3 is 2.22 bits per heavy atom. The Labute approximate surface area is 232 Å². The molecule has 0 spiro atoms. The summed E-state index contributed by atoms with van der Waals surface area (Å²) in [5.41, 5.74) is 10.4. The number of allylic oxidation sites excluding steroid dienone is 8. The molecule has 4 heteroatoms. The molecule has 36 heavy (non-hydrogen) atoms. The first-order valence-electron chi connectivity index (χ1n) is 12.7. The lowest BCUT2D eigenvalue weighted by molar-refractivity contribution is -0.401. The predicted molar refractivity (Wildman–Crippen MR) is 150 cm³/mol. The van der Waals surface area contributed by atoms with Crippen molar-refractivity contribution in [1.82, 2.24) is 0 Å². The van der Waals surface area contributed by atoms with Crippen molar-refractivity contribution in [2.24, 2.45) is 0 Å². The largest absolute Gasteiger partial charge is 1.00 e. The molecule has 1 aliphatic carbocycles. The summed E-state index contributed by atoms with van der Waals surface area (Å²) in [4.78, 5) is 2.32. The summed E-state index contributed by atoms with van der Waals surface area (Å²) >= 11 is 7.01. The SMILES string of the molecule is CN1/C(=C\C=C2\CCCC(/C=C/C3=[N+](C)c4ccccc4C3(C)C)=C2Cl)C(C)(C)c2ccccc21.[Br-]. The molecule has 2 aliphatic heterocycles. The Morgan fingerprint density at radius 2 is 1.53 bits per heavy atom. The first-order valence-corrected chi connectivity index (χ1v) is 13.0. The third kappa shape index (κ3) is 4.25. The van der Waals surface area contributed by atoms with Gasteiger partial charge in [-0.05, 0) is 62.0 Å². The highest BCUT2D eigenvalue weighted by Gasteiger charge is 2.42. The van der Waals surface area contributed by atoms with Gasteiger partial charge in [0.2, 0.25) is 5.69 Å². The molecule has 0 atom stereocenters. The maximum atomic E-state index is 7.01. The molecule has 3 aliphatic rings. The Bertz CT molecular complexity index is 1350. The summed E-state index contributed by atoms with van der Waals surface area (Å²) in [5, 5.41) is 0.914. The topological polar surface area (TPSA) is 6.25 Å². The third-order valence-corrected chi connectivity index (χ3v) is 8.71. The van der Waals surface area contributed by atoms with Crippen LogP contribution in [0.2, 0.25) is 0 Å². The van der Waals surface area contributed by atoms with E-state index in [1.165, 1.54) is 45.1 Å². The molecule has 0 saturated carbocycles. The quantitative estimate of drug-likeness (QED) is 0.467. The van der Waals surface area contributed by atoms with E-state index in [-0.39, 0.29) is 27.8 Å². The summed E-state index contributed by atoms with van der Waals surface area (Å²) < 4.78 is 2.32. The second-order valence-corrected chi connectivity index (χ2v) is 11.4. The molecular weight excluding hydrogens is 528 g/mol. The zero-order valence-corrected chi connectivity index (χ0v) is 24.5. The van der Waals surface area contributed by atoms with E-state index >= 15 is 0 Å². The van der Waals surface area contributed by atoms with Gasteiger partial charge in [0.05, 0.1) is 5.41 Å². The molecule has 2 aromatic carbocycles. The average molecular weight is 564 g/mol. The van der Waals surface area contributed by atoms with Gasteiger partial charge in [-0.25, -0.2) is 0 Å². The fraction of sp³-hybridized carbons (Fsp3) is 0.344. The molecular formula is C32H36BrClN2. The summed E-state index contributed by atoms with van der Waals surface area (Å²) in [6.07, 6.45) is 12.2. The minimum atomic E-state index is -0.0275. The summed E-state index contributed by atoms with van der Waals surface area (Å²) in [6, 6.07) is 17.4. The lowest BCUT2D eigenvalue weighted by Crippen LogP contribution is -3.00. The summed E-state index contributed by atoms with van der Waals surface area (Å²) in [6.45, 7) is 9.23. The predicted octanol–water partition coefficient (Wildman–Crippen LogP) is 5.17. The van der Waals surface area contributed by atoms with Crippen molar-refractivity contribution in [3.63, 3.8) is 0 Å². The molecule has 0 bridgehead atoms. The third-order valence-electron chi connectivity index (χ3n) is 8.22. The number of benzene rings is 2. The van der Waals surface area contributed by atoms with Crippen molar-refractivity contribution in [2.45, 2.75) is 57.8 Å². The number of anilines is 1. The van der Waals surface area contributed by atoms with Crippen molar-refractivity contribution in [2.75, 3.05) is 19.0 Å². The lowest BCUT2D eigenvalue weighted by atomic mass is 9.81. The van der Waals surface area contributed by atoms with Crippen LogP contribution in [0.15, 0.2) is 94.7 Å². The number of rotatable bonds is 3. The van der Waals surface area contributed by atoms with Gasteiger partial charge in [0.1, 0.15) is 7.05 Å². The standard InChI is InChI=1S/C32H36ClN2.BrH/c1-31(2)24-14-7-9-16-26(24)34(5)28(31)20-18-22-12-11-13-23(30(22)33)19-21-29-32(3,4)25-15-8-10-17-27(25)35(29)6;/h7-10,14-21H,11-13H2,1-6H3;1H/q+1;/p-1. The number of hydrogen-bond acceptors (Lipinski definition) is 1. The van der Waals surface area contributed by atoms with Crippen LogP contribution in [0, 0.1) is 0 Å². The highest BCUT2D eigenvalue weighted by Crippen LogP contribution is 2.47. The average Bonchev–Trinajstić information content (AvgIpc) is 3.16. The van der Waals surface area contributed by atoms with E-state index in [2.05, 4.69) is 124 Å². The zero-order chi connectivity index (χ0) is 25.0. The first-order chi connectivity index (χ1) is 16.6. The van der Waals surface area contributed by atoms with E-state index < -0.39 is 0 Å². The van der Waals surface area contributed by atoms with Crippen LogP contribution in [-0.4, -0.2) is 24.4 Å². The van der Waals surface area contributed by atoms with Gasteiger partial charge in [-0.1, -0.05) is 74.0 Å². The van der Waals surface area contributed by atoms with Crippen molar-refractivity contribution in [3.05, 3.63) is 106 Å². The van der Waals surface area contributed by atoms with Crippen LogP contribution in [0.5, 0.6) is 0 Å². The molecule has 0 radical (unpaired) electrons. The normalized spacial score (nSPS) is 22.5. The summed E-state index contributed by atoms with van der Waals surface area (Å²) in [7, 11) is 4.33. The van der Waals surface area contributed by atoms with Crippen LogP contribution >= 0.6 is 11.6 Å². The molecule has 2 aromatic rings. The van der Waals surface area contributed by atoms with E-state index in [4.69, 9.17) is 11.6 Å². The Kier molecular flexibility index (Phi) is 7.29. The number of fused-ring (bicyclic) bond motifs is 2. The van der Waals surface area contributed by atoms with Gasteiger partial charge in [-0.2, -0.15) is 4.58 Å². The van der Waals surface area contributed by atoms with E-state index in [0.717, 1.165) is 24.3 Å². The second kappa shape index (κ2) is 9.84. The van der Waals surface area contributed by atoms with Gasteiger partial charge < -0.3 is 21.9 Å². The minimum absolute atomic E-state index is 0. The van der Waals surface area contributed by atoms with Gasteiger partial charge in [-0.15, -0.1) is 0 Å². The molecule has 188 valence electrons. The maximum Gasteiger partial charge on any atom is 0.209 e. The molecule has 2 nitrogen and oxygen atoms in total. The van der Waals surface area contributed by atoms with Crippen molar-refractivity contribution in [3.8, 4) is 0 Å². The zero-order valence-electron chi connectivity index (χ0n) is 22.2. The van der Waals surface area contributed by atoms with Gasteiger partial charge in [0.25, 0.3) is 0 Å². The van der Waals surface area contributed by atoms with Crippen LogP contribution in [-0.2, 0) is 10.8 Å². The minimum Gasteiger partial charge on any atom is -1.00 e. The second-order valence-electron chi connectivity index (χ2n) is 11.1. The van der Waals surface area contributed by atoms with Crippen LogP contribution in [0.3, 0.4) is 0 Å². The van der Waals surface area contributed by atoms with Crippen LogP contribution in [0.1, 0.15) is 58.1 Å². The van der Waals surface area contributed by atoms with Gasteiger partial charge in [0.15, 0.2) is 5.71 Å². The van der Waals surface area contributed by atoms with Gasteiger partial charge >= 0.3 is 0 Å². The van der Waals surface area contributed by atoms with Gasteiger partial charge in [0, 0.05) is 46.6 Å². The van der Waals surface area contributed by atoms with Crippen LogP contribution in [0.25, 0.3) is 0 Å². The molecule has 5 rings (SSSR count). The highest BCUT2D eigenvalue weighted by molar-refractivity contribution is 6.32. The van der Waals surface area contributed by atoms with Crippen LogP contribution in [0.4, 0.5) is 11.4 Å². The number of likely N-dealkylation sites (N-methyl/N-ethyl adjacent to an activating group) is 1. The number of hydrogen-bond donors (Lipinski definition) is 0. The first kappa shape index (κ1) is 26.7. The number of para-hydroxylation sites is 2. The molecule has 0 amide bonds. The molecule has 0 fully saturated rings. The van der Waals surface area contributed by atoms with E-state index in [0.29, 0.717) is 0 Å². The van der Waals surface area contributed by atoms with E-state index in [1.807, 2.05) is 0 Å². The molecule has 2 heterocycles.